The SMILES string of the molecule is CC(C)(C)OC(=O)N1CCC(Oc2ccc(-c3ccc4cccnc4c3O)cc2)CC1Oc1ccc(-c2ccc3cccnc3c2O)cc1. The number of nitrogens with zero attached hydrogens (tertiary/aromatic N) is 3. The smallest absolute Gasteiger partial charge is 0.413 e. The first-order valence-electron chi connectivity index (χ1n) is 16.3. The van der Waals surface area contributed by atoms with Crippen molar-refractivity contribution in [3.63, 3.8) is 0 Å². The average molecular weight is 656 g/mol. The summed E-state index contributed by atoms with van der Waals surface area (Å²) in [4.78, 5) is 23.5. The van der Waals surface area contributed by atoms with Crippen LogP contribution in [0.5, 0.6) is 23.0 Å². The summed E-state index contributed by atoms with van der Waals surface area (Å²) in [5, 5.41) is 23.5. The third-order valence-corrected chi connectivity index (χ3v) is 8.53. The van der Waals surface area contributed by atoms with E-state index in [9.17, 15) is 15.0 Å². The van der Waals surface area contributed by atoms with Gasteiger partial charge in [-0.3, -0.25) is 14.9 Å². The maximum Gasteiger partial charge on any atom is 0.413 e. The van der Waals surface area contributed by atoms with Gasteiger partial charge in [0.25, 0.3) is 0 Å². The van der Waals surface area contributed by atoms with Gasteiger partial charge in [0.15, 0.2) is 6.23 Å². The number of aromatic hydroxyl groups is 2. The fourth-order valence-corrected chi connectivity index (χ4v) is 6.15. The van der Waals surface area contributed by atoms with Gasteiger partial charge in [0, 0.05) is 53.7 Å². The van der Waals surface area contributed by atoms with Crippen molar-refractivity contribution in [2.75, 3.05) is 6.54 Å². The van der Waals surface area contributed by atoms with Gasteiger partial charge in [-0.2, -0.15) is 0 Å². The maximum atomic E-state index is 13.3. The van der Waals surface area contributed by atoms with Gasteiger partial charge in [0.05, 0.1) is 0 Å². The highest BCUT2D eigenvalue weighted by Gasteiger charge is 2.36. The fraction of sp³-hybridized carbons (Fsp3) is 0.225. The summed E-state index contributed by atoms with van der Waals surface area (Å²) in [6.07, 6.45) is 3.01. The lowest BCUT2D eigenvalue weighted by atomic mass is 10.0. The van der Waals surface area contributed by atoms with E-state index in [1.165, 1.54) is 0 Å². The van der Waals surface area contributed by atoms with Crippen molar-refractivity contribution in [3.8, 4) is 45.3 Å². The predicted molar refractivity (Wildman–Crippen MR) is 189 cm³/mol. The van der Waals surface area contributed by atoms with Crippen LogP contribution in [0.2, 0.25) is 0 Å². The largest absolute Gasteiger partial charge is 0.505 e. The lowest BCUT2D eigenvalue weighted by Gasteiger charge is -2.39. The molecule has 9 nitrogen and oxygen atoms in total. The number of benzene rings is 4. The van der Waals surface area contributed by atoms with E-state index < -0.39 is 17.9 Å². The summed E-state index contributed by atoms with van der Waals surface area (Å²) >= 11 is 0. The van der Waals surface area contributed by atoms with Crippen LogP contribution in [-0.4, -0.2) is 55.7 Å². The average Bonchev–Trinajstić information content (AvgIpc) is 3.09. The van der Waals surface area contributed by atoms with Crippen molar-refractivity contribution >= 4 is 27.9 Å². The van der Waals surface area contributed by atoms with E-state index in [0.717, 1.165) is 21.9 Å². The van der Waals surface area contributed by atoms with Crippen LogP contribution in [0.3, 0.4) is 0 Å². The van der Waals surface area contributed by atoms with Gasteiger partial charge in [-0.25, -0.2) is 4.79 Å². The number of fused-ring (bicyclic) bond motifs is 2. The van der Waals surface area contributed by atoms with Crippen LogP contribution in [0.1, 0.15) is 33.6 Å². The molecular formula is C40H37N3O6. The molecule has 1 fully saturated rings. The molecule has 1 saturated heterocycles. The number of carbonyl (C=O) groups is 1. The van der Waals surface area contributed by atoms with Gasteiger partial charge in [0.1, 0.15) is 45.7 Å². The Morgan fingerprint density at radius 2 is 1.22 bits per heavy atom. The molecule has 7 rings (SSSR count). The van der Waals surface area contributed by atoms with Crippen LogP contribution in [0.25, 0.3) is 44.1 Å². The van der Waals surface area contributed by atoms with Crippen LogP contribution in [0.4, 0.5) is 4.79 Å². The number of rotatable bonds is 6. The van der Waals surface area contributed by atoms with Crippen molar-refractivity contribution in [1.82, 2.24) is 14.9 Å². The normalized spacial score (nSPS) is 16.4. The molecule has 2 N–H and O–H groups in total. The summed E-state index contributed by atoms with van der Waals surface area (Å²) in [5.41, 5.74) is 3.44. The summed E-state index contributed by atoms with van der Waals surface area (Å²) in [5.74, 6) is 1.50. The van der Waals surface area contributed by atoms with E-state index in [4.69, 9.17) is 14.2 Å². The van der Waals surface area contributed by atoms with Crippen molar-refractivity contribution < 1.29 is 29.2 Å². The number of phenolic OH excluding ortho intramolecular Hbond substituents is 2. The summed E-state index contributed by atoms with van der Waals surface area (Å²) in [6, 6.07) is 30.1. The molecule has 6 aromatic rings. The molecule has 9 heteroatoms. The molecular weight excluding hydrogens is 618 g/mol. The molecule has 0 saturated carbocycles. The Kier molecular flexibility index (Phi) is 8.42. The number of pyridine rings is 2. The zero-order valence-corrected chi connectivity index (χ0v) is 27.5. The van der Waals surface area contributed by atoms with E-state index in [2.05, 4.69) is 9.97 Å². The minimum atomic E-state index is -0.662. The minimum Gasteiger partial charge on any atom is -0.505 e. The Balaban J connectivity index is 1.08. The van der Waals surface area contributed by atoms with Gasteiger partial charge in [-0.1, -0.05) is 48.5 Å². The van der Waals surface area contributed by atoms with E-state index in [1.807, 2.05) is 118 Å². The third kappa shape index (κ3) is 6.78. The maximum absolute atomic E-state index is 13.3. The van der Waals surface area contributed by atoms with E-state index in [0.29, 0.717) is 53.0 Å². The number of carbonyl (C=O) groups excluding carboxylic acids is 1. The van der Waals surface area contributed by atoms with Crippen LogP contribution >= 0.6 is 0 Å². The molecule has 2 unspecified atom stereocenters. The number of aromatic nitrogens is 2. The lowest BCUT2D eigenvalue weighted by molar-refractivity contribution is -0.0568. The first kappa shape index (κ1) is 31.8. The quantitative estimate of drug-likeness (QED) is 0.183. The zero-order chi connectivity index (χ0) is 34.1. The topological polar surface area (TPSA) is 114 Å². The van der Waals surface area contributed by atoms with Gasteiger partial charge in [-0.05, 0) is 80.4 Å². The number of hydrogen-bond acceptors (Lipinski definition) is 8. The Bertz CT molecular complexity index is 2130. The first-order valence-corrected chi connectivity index (χ1v) is 16.3. The molecule has 1 aliphatic rings. The van der Waals surface area contributed by atoms with Crippen molar-refractivity contribution in [2.24, 2.45) is 0 Å². The Morgan fingerprint density at radius 3 is 1.73 bits per heavy atom. The van der Waals surface area contributed by atoms with Crippen molar-refractivity contribution in [1.29, 1.82) is 0 Å². The Labute approximate surface area is 284 Å². The fourth-order valence-electron chi connectivity index (χ4n) is 6.15. The molecule has 3 heterocycles. The Morgan fingerprint density at radius 1 is 0.714 bits per heavy atom. The third-order valence-electron chi connectivity index (χ3n) is 8.53. The zero-order valence-electron chi connectivity index (χ0n) is 27.5. The van der Waals surface area contributed by atoms with Crippen molar-refractivity contribution in [2.45, 2.75) is 51.5 Å². The molecule has 4 aromatic carbocycles. The van der Waals surface area contributed by atoms with Gasteiger partial charge in [0.2, 0.25) is 0 Å². The molecule has 49 heavy (non-hydrogen) atoms. The molecule has 0 bridgehead atoms. The number of ether oxygens (including phenoxy) is 3. The number of likely N-dealkylation sites (tertiary alicyclic amines) is 1. The van der Waals surface area contributed by atoms with Gasteiger partial charge in [-0.15, -0.1) is 0 Å². The highest BCUT2D eigenvalue weighted by molar-refractivity contribution is 5.92. The monoisotopic (exact) mass is 655 g/mol. The highest BCUT2D eigenvalue weighted by Crippen LogP contribution is 2.37. The molecule has 0 aliphatic carbocycles. The second kappa shape index (κ2) is 13.0. The van der Waals surface area contributed by atoms with Crippen LogP contribution in [-0.2, 0) is 4.74 Å². The minimum absolute atomic E-state index is 0.120. The van der Waals surface area contributed by atoms with Crippen molar-refractivity contribution in [3.05, 3.63) is 109 Å². The van der Waals surface area contributed by atoms with Crippen LogP contribution in [0.15, 0.2) is 109 Å². The number of hydrogen-bond donors (Lipinski definition) is 2. The molecule has 0 spiro atoms. The second-order valence-corrected chi connectivity index (χ2v) is 13.1. The number of phenols is 2. The molecule has 2 aromatic heterocycles. The van der Waals surface area contributed by atoms with Crippen LogP contribution in [0, 0.1) is 0 Å². The summed E-state index contributed by atoms with van der Waals surface area (Å²) in [7, 11) is 0. The standard InChI is InChI=1S/C40H37N3O6/c1-40(2,3)49-39(46)43-23-20-31(47-29-14-8-25(9-15-29)32-18-12-27-6-4-21-41-35(27)37(32)44)24-34(43)48-30-16-10-26(11-17-30)33-19-13-28-7-5-22-42-36(28)38(33)45/h4-19,21-22,31,34,44-45H,20,23-24H2,1-3H3. The summed E-state index contributed by atoms with van der Waals surface area (Å²) < 4.78 is 18.5. The molecule has 1 aliphatic heterocycles. The van der Waals surface area contributed by atoms with E-state index in [1.54, 1.807) is 17.3 Å². The predicted octanol–water partition coefficient (Wildman–Crippen LogP) is 8.71. The lowest BCUT2D eigenvalue weighted by Crippen LogP contribution is -2.52. The van der Waals surface area contributed by atoms with Gasteiger partial charge < -0.3 is 24.4 Å². The van der Waals surface area contributed by atoms with Gasteiger partial charge >= 0.3 is 6.09 Å². The second-order valence-electron chi connectivity index (χ2n) is 13.1. The molecule has 248 valence electrons. The number of amides is 1. The number of piperidine rings is 1. The Hall–Kier alpha value is -5.83. The first-order chi connectivity index (χ1) is 23.6. The highest BCUT2D eigenvalue weighted by atomic mass is 16.6. The molecule has 2 atom stereocenters. The van der Waals surface area contributed by atoms with Crippen LogP contribution < -0.4 is 9.47 Å². The summed E-state index contributed by atoms with van der Waals surface area (Å²) in [6.45, 7) is 5.90. The van der Waals surface area contributed by atoms with E-state index in [-0.39, 0.29) is 17.6 Å². The molecule has 0 radical (unpaired) electrons. The van der Waals surface area contributed by atoms with E-state index >= 15 is 0 Å². The molecule has 1 amide bonds.